The van der Waals surface area contributed by atoms with Crippen molar-refractivity contribution in [3.05, 3.63) is 65.9 Å². The Morgan fingerprint density at radius 1 is 0.968 bits per heavy atom. The number of carbonyl (C=O) groups excluding carboxylic acids is 2. The summed E-state index contributed by atoms with van der Waals surface area (Å²) in [5.41, 5.74) is 2.08. The smallest absolute Gasteiger partial charge is 0.278 e. The Bertz CT molecular complexity index is 938. The van der Waals surface area contributed by atoms with E-state index in [0.29, 0.717) is 48.8 Å². The third-order valence-corrected chi connectivity index (χ3v) is 4.78. The molecule has 0 fully saturated rings. The van der Waals surface area contributed by atoms with E-state index >= 15 is 0 Å². The molecule has 3 rings (SSSR count). The Labute approximate surface area is 183 Å². The van der Waals surface area contributed by atoms with E-state index < -0.39 is 0 Å². The predicted octanol–water partition coefficient (Wildman–Crippen LogP) is 4.48. The zero-order chi connectivity index (χ0) is 22.2. The molecule has 0 unspecified atom stereocenters. The Morgan fingerprint density at radius 3 is 2.45 bits per heavy atom. The maximum absolute atomic E-state index is 13.2. The molecule has 0 atom stereocenters. The van der Waals surface area contributed by atoms with E-state index in [9.17, 15) is 9.59 Å². The predicted molar refractivity (Wildman–Crippen MR) is 122 cm³/mol. The second-order valence-electron chi connectivity index (χ2n) is 7.65. The first kappa shape index (κ1) is 22.6. The second-order valence-corrected chi connectivity index (χ2v) is 7.65. The molecule has 1 N–H and O–H groups in total. The first-order valence-electron chi connectivity index (χ1n) is 10.8. The fourth-order valence-electron chi connectivity index (χ4n) is 3.34. The Hall–Kier alpha value is -3.12. The van der Waals surface area contributed by atoms with Gasteiger partial charge in [-0.1, -0.05) is 43.3 Å². The molecule has 2 aromatic rings. The molecule has 6 heteroatoms. The molecule has 6 nitrogen and oxygen atoms in total. The van der Waals surface area contributed by atoms with Crippen LogP contribution in [-0.2, 0) is 14.3 Å². The lowest BCUT2D eigenvalue weighted by Crippen LogP contribution is -2.34. The van der Waals surface area contributed by atoms with Gasteiger partial charge in [-0.3, -0.25) is 14.5 Å². The SMILES string of the molecule is CCCOc1cccc(NC2=C(c3ccccc3)C(=O)N(CCCOC(C)C)C2=O)c1. The van der Waals surface area contributed by atoms with E-state index in [1.165, 1.54) is 4.90 Å². The Balaban J connectivity index is 1.85. The van der Waals surface area contributed by atoms with Gasteiger partial charge in [0.2, 0.25) is 0 Å². The van der Waals surface area contributed by atoms with Gasteiger partial charge in [0.05, 0.1) is 18.3 Å². The lowest BCUT2D eigenvalue weighted by Gasteiger charge is -2.16. The number of hydrogen-bond donors (Lipinski definition) is 1. The van der Waals surface area contributed by atoms with Gasteiger partial charge >= 0.3 is 0 Å². The van der Waals surface area contributed by atoms with Crippen LogP contribution in [-0.4, -0.2) is 42.6 Å². The summed E-state index contributed by atoms with van der Waals surface area (Å²) in [4.78, 5) is 27.7. The monoisotopic (exact) mass is 422 g/mol. The number of carbonyl (C=O) groups is 2. The summed E-state index contributed by atoms with van der Waals surface area (Å²) in [6, 6.07) is 16.7. The molecule has 0 spiro atoms. The molecule has 0 aliphatic carbocycles. The third-order valence-electron chi connectivity index (χ3n) is 4.78. The molecule has 0 saturated carbocycles. The molecule has 0 bridgehead atoms. The van der Waals surface area contributed by atoms with E-state index in [4.69, 9.17) is 9.47 Å². The normalized spacial score (nSPS) is 14.0. The topological polar surface area (TPSA) is 67.9 Å². The second kappa shape index (κ2) is 10.8. The molecule has 0 aromatic heterocycles. The van der Waals surface area contributed by atoms with E-state index in [1.54, 1.807) is 0 Å². The summed E-state index contributed by atoms with van der Waals surface area (Å²) in [5, 5.41) is 3.18. The van der Waals surface area contributed by atoms with Crippen molar-refractivity contribution in [1.82, 2.24) is 4.90 Å². The van der Waals surface area contributed by atoms with E-state index in [-0.39, 0.29) is 23.6 Å². The maximum Gasteiger partial charge on any atom is 0.278 e. The van der Waals surface area contributed by atoms with Crippen LogP contribution >= 0.6 is 0 Å². The summed E-state index contributed by atoms with van der Waals surface area (Å²) >= 11 is 0. The number of anilines is 1. The summed E-state index contributed by atoms with van der Waals surface area (Å²) < 4.78 is 11.3. The van der Waals surface area contributed by atoms with Gasteiger partial charge < -0.3 is 14.8 Å². The molecule has 0 saturated heterocycles. The third kappa shape index (κ3) is 5.73. The number of nitrogens with zero attached hydrogens (tertiary/aromatic N) is 1. The molecule has 1 aliphatic rings. The van der Waals surface area contributed by atoms with Crippen LogP contribution in [0.2, 0.25) is 0 Å². The van der Waals surface area contributed by atoms with Gasteiger partial charge in [-0.15, -0.1) is 0 Å². The number of amides is 2. The number of hydrogen-bond acceptors (Lipinski definition) is 5. The molecule has 0 radical (unpaired) electrons. The largest absolute Gasteiger partial charge is 0.494 e. The molecule has 31 heavy (non-hydrogen) atoms. The van der Waals surface area contributed by atoms with Crippen molar-refractivity contribution in [2.24, 2.45) is 0 Å². The van der Waals surface area contributed by atoms with Crippen molar-refractivity contribution >= 4 is 23.1 Å². The van der Waals surface area contributed by atoms with Crippen molar-refractivity contribution in [3.63, 3.8) is 0 Å². The van der Waals surface area contributed by atoms with Gasteiger partial charge in [-0.25, -0.2) is 0 Å². The van der Waals surface area contributed by atoms with Crippen LogP contribution in [0.4, 0.5) is 5.69 Å². The standard InChI is InChI=1S/C25H30N2O4/c1-4-15-31-21-13-8-12-20(17-21)26-23-22(19-10-6-5-7-11-19)24(28)27(25(23)29)14-9-16-30-18(2)3/h5-8,10-13,17-18,26H,4,9,14-16H2,1-3H3. The van der Waals surface area contributed by atoms with Crippen molar-refractivity contribution in [2.45, 2.75) is 39.7 Å². The highest BCUT2D eigenvalue weighted by Crippen LogP contribution is 2.31. The van der Waals surface area contributed by atoms with Crippen molar-refractivity contribution < 1.29 is 19.1 Å². The number of rotatable bonds is 11. The van der Waals surface area contributed by atoms with Crippen LogP contribution in [0.1, 0.15) is 39.2 Å². The van der Waals surface area contributed by atoms with Crippen LogP contribution in [0.5, 0.6) is 5.75 Å². The minimum atomic E-state index is -0.326. The highest BCUT2D eigenvalue weighted by molar-refractivity contribution is 6.36. The number of nitrogens with one attached hydrogen (secondary N) is 1. The minimum Gasteiger partial charge on any atom is -0.494 e. The molecular weight excluding hydrogens is 392 g/mol. The fourth-order valence-corrected chi connectivity index (χ4v) is 3.34. The van der Waals surface area contributed by atoms with E-state index in [0.717, 1.165) is 6.42 Å². The van der Waals surface area contributed by atoms with Crippen LogP contribution in [0, 0.1) is 0 Å². The van der Waals surface area contributed by atoms with E-state index in [1.807, 2.05) is 75.4 Å². The maximum atomic E-state index is 13.2. The molecule has 1 heterocycles. The molecule has 1 aliphatic heterocycles. The van der Waals surface area contributed by atoms with Gasteiger partial charge in [0.1, 0.15) is 11.4 Å². The van der Waals surface area contributed by atoms with Gasteiger partial charge in [-0.2, -0.15) is 0 Å². The van der Waals surface area contributed by atoms with Crippen molar-refractivity contribution in [2.75, 3.05) is 25.1 Å². The molecule has 2 aromatic carbocycles. The van der Waals surface area contributed by atoms with E-state index in [2.05, 4.69) is 5.32 Å². The molecule has 2 amide bonds. The zero-order valence-electron chi connectivity index (χ0n) is 18.4. The first-order valence-corrected chi connectivity index (χ1v) is 10.8. The summed E-state index contributed by atoms with van der Waals surface area (Å²) in [6.07, 6.45) is 1.61. The summed E-state index contributed by atoms with van der Waals surface area (Å²) in [6.45, 7) is 7.39. The fraction of sp³-hybridized carbons (Fsp3) is 0.360. The molecule has 164 valence electrons. The lowest BCUT2D eigenvalue weighted by atomic mass is 10.0. The minimum absolute atomic E-state index is 0.113. The van der Waals surface area contributed by atoms with Gasteiger partial charge in [0.25, 0.3) is 11.8 Å². The lowest BCUT2D eigenvalue weighted by molar-refractivity contribution is -0.137. The average molecular weight is 423 g/mol. The Morgan fingerprint density at radius 2 is 1.74 bits per heavy atom. The Kier molecular flexibility index (Phi) is 7.84. The summed E-state index contributed by atoms with van der Waals surface area (Å²) in [7, 11) is 0. The van der Waals surface area contributed by atoms with Gasteiger partial charge in [-0.05, 0) is 44.4 Å². The van der Waals surface area contributed by atoms with Crippen LogP contribution in [0.25, 0.3) is 5.57 Å². The van der Waals surface area contributed by atoms with Gasteiger partial charge in [0, 0.05) is 24.9 Å². The van der Waals surface area contributed by atoms with Crippen molar-refractivity contribution in [3.8, 4) is 5.75 Å². The summed E-state index contributed by atoms with van der Waals surface area (Å²) in [5.74, 6) is 0.100. The van der Waals surface area contributed by atoms with Crippen LogP contribution in [0.15, 0.2) is 60.3 Å². The number of imide groups is 1. The zero-order valence-corrected chi connectivity index (χ0v) is 18.4. The molecular formula is C25H30N2O4. The quantitative estimate of drug-likeness (QED) is 0.427. The first-order chi connectivity index (χ1) is 15.0. The highest BCUT2D eigenvalue weighted by atomic mass is 16.5. The van der Waals surface area contributed by atoms with Crippen LogP contribution in [0.3, 0.4) is 0 Å². The number of ether oxygens (including phenoxy) is 2. The van der Waals surface area contributed by atoms with Gasteiger partial charge in [0.15, 0.2) is 0 Å². The van der Waals surface area contributed by atoms with Crippen LogP contribution < -0.4 is 10.1 Å². The highest BCUT2D eigenvalue weighted by Gasteiger charge is 2.38. The average Bonchev–Trinajstić information content (AvgIpc) is 3.00. The number of benzene rings is 2. The van der Waals surface area contributed by atoms with Crippen molar-refractivity contribution in [1.29, 1.82) is 0 Å².